The molecule has 0 atom stereocenters. The van der Waals surface area contributed by atoms with Crippen LogP contribution >= 0.6 is 0 Å². The first-order valence-electron chi connectivity index (χ1n) is 7.69. The number of nitrogens with one attached hydrogen (secondary N) is 1. The first-order chi connectivity index (χ1) is 10.7. The third kappa shape index (κ3) is 3.14. The third-order valence-corrected chi connectivity index (χ3v) is 4.34. The third-order valence-electron chi connectivity index (χ3n) is 4.34. The maximum atomic E-state index is 13.2. The molecule has 1 aromatic heterocycles. The highest BCUT2D eigenvalue weighted by atomic mass is 19.1. The van der Waals surface area contributed by atoms with Gasteiger partial charge in [0.05, 0.1) is 6.42 Å². The van der Waals surface area contributed by atoms with Crippen molar-refractivity contribution < 1.29 is 13.9 Å². The largest absolute Gasteiger partial charge is 0.385 e. The van der Waals surface area contributed by atoms with Gasteiger partial charge in [-0.05, 0) is 42.5 Å². The lowest BCUT2D eigenvalue weighted by atomic mass is 9.94. The van der Waals surface area contributed by atoms with E-state index >= 15 is 0 Å². The number of halogens is 1. The summed E-state index contributed by atoms with van der Waals surface area (Å²) < 4.78 is 18.2. The highest BCUT2D eigenvalue weighted by molar-refractivity contribution is 5.89. The molecule has 1 fully saturated rings. The van der Waals surface area contributed by atoms with Crippen molar-refractivity contribution >= 4 is 16.8 Å². The van der Waals surface area contributed by atoms with Crippen molar-refractivity contribution in [3.63, 3.8) is 0 Å². The zero-order valence-electron chi connectivity index (χ0n) is 12.8. The van der Waals surface area contributed by atoms with E-state index in [4.69, 9.17) is 4.74 Å². The van der Waals surface area contributed by atoms with E-state index < -0.39 is 0 Å². The lowest BCUT2D eigenvalue weighted by molar-refractivity contribution is -0.136. The van der Waals surface area contributed by atoms with E-state index in [-0.39, 0.29) is 11.7 Å². The van der Waals surface area contributed by atoms with Crippen molar-refractivity contribution in [1.82, 2.24) is 9.88 Å². The number of methoxy groups -OCH3 is 1. The topological polar surface area (TPSA) is 45.3 Å². The van der Waals surface area contributed by atoms with Gasteiger partial charge < -0.3 is 14.6 Å². The van der Waals surface area contributed by atoms with E-state index in [1.165, 1.54) is 12.1 Å². The summed E-state index contributed by atoms with van der Waals surface area (Å²) in [7, 11) is 1.71. The normalized spacial score (nSPS) is 15.3. The van der Waals surface area contributed by atoms with Crippen LogP contribution in [0.1, 0.15) is 18.4 Å². The fourth-order valence-corrected chi connectivity index (χ4v) is 3.05. The second-order valence-corrected chi connectivity index (χ2v) is 5.98. The molecule has 0 saturated carbocycles. The number of fused-ring (bicyclic) bond motifs is 1. The van der Waals surface area contributed by atoms with Crippen LogP contribution in [0.5, 0.6) is 0 Å². The summed E-state index contributed by atoms with van der Waals surface area (Å²) in [6.45, 7) is 2.48. The molecular formula is C17H21FN2O2. The Balaban J connectivity index is 1.54. The van der Waals surface area contributed by atoms with Crippen LogP contribution in [0.4, 0.5) is 4.39 Å². The van der Waals surface area contributed by atoms with Gasteiger partial charge in [-0.1, -0.05) is 0 Å². The number of carbonyl (C=O) groups excluding carboxylic acids is 1. The number of benzene rings is 1. The van der Waals surface area contributed by atoms with E-state index in [2.05, 4.69) is 4.98 Å². The van der Waals surface area contributed by atoms with Crippen LogP contribution in [0.2, 0.25) is 0 Å². The zero-order valence-corrected chi connectivity index (χ0v) is 12.8. The van der Waals surface area contributed by atoms with Crippen LogP contribution in [-0.4, -0.2) is 42.6 Å². The molecule has 0 radical (unpaired) electrons. The molecule has 22 heavy (non-hydrogen) atoms. The number of amides is 1. The van der Waals surface area contributed by atoms with Crippen molar-refractivity contribution in [3.05, 3.63) is 35.8 Å². The molecule has 1 N–H and O–H groups in total. The SMILES string of the molecule is COCCCC1CN(C(=O)Cc2c[nH]c3cc(F)ccc23)C1. The van der Waals surface area contributed by atoms with Crippen LogP contribution in [0, 0.1) is 11.7 Å². The van der Waals surface area contributed by atoms with Gasteiger partial charge in [-0.15, -0.1) is 0 Å². The van der Waals surface area contributed by atoms with Crippen LogP contribution in [0.15, 0.2) is 24.4 Å². The second-order valence-electron chi connectivity index (χ2n) is 5.98. The molecule has 2 aromatic rings. The molecule has 0 unspecified atom stereocenters. The predicted molar refractivity (Wildman–Crippen MR) is 83.1 cm³/mol. The molecule has 3 rings (SSSR count). The average molecular weight is 304 g/mol. The fraction of sp³-hybridized carbons (Fsp3) is 0.471. The summed E-state index contributed by atoms with van der Waals surface area (Å²) in [6, 6.07) is 4.62. The van der Waals surface area contributed by atoms with E-state index in [1.54, 1.807) is 19.4 Å². The minimum Gasteiger partial charge on any atom is -0.385 e. The van der Waals surface area contributed by atoms with Gasteiger partial charge in [0.15, 0.2) is 0 Å². The van der Waals surface area contributed by atoms with Crippen molar-refractivity contribution in [2.75, 3.05) is 26.8 Å². The van der Waals surface area contributed by atoms with Gasteiger partial charge in [0.1, 0.15) is 5.82 Å². The molecule has 4 nitrogen and oxygen atoms in total. The van der Waals surface area contributed by atoms with Crippen LogP contribution in [0.25, 0.3) is 10.9 Å². The molecule has 1 aliphatic heterocycles. The van der Waals surface area contributed by atoms with Crippen LogP contribution < -0.4 is 0 Å². The average Bonchev–Trinajstić information content (AvgIpc) is 2.83. The van der Waals surface area contributed by atoms with Gasteiger partial charge in [-0.3, -0.25) is 4.79 Å². The number of nitrogens with zero attached hydrogens (tertiary/aromatic N) is 1. The number of rotatable bonds is 6. The monoisotopic (exact) mass is 304 g/mol. The number of aromatic nitrogens is 1. The Labute approximate surface area is 129 Å². The molecule has 0 aliphatic carbocycles. The maximum Gasteiger partial charge on any atom is 0.227 e. The Morgan fingerprint density at radius 2 is 2.27 bits per heavy atom. The molecular weight excluding hydrogens is 283 g/mol. The highest BCUT2D eigenvalue weighted by Gasteiger charge is 2.30. The minimum absolute atomic E-state index is 0.146. The van der Waals surface area contributed by atoms with E-state index in [0.29, 0.717) is 12.3 Å². The lowest BCUT2D eigenvalue weighted by Gasteiger charge is -2.39. The standard InChI is InChI=1S/C17H21FN2O2/c1-22-6-2-3-12-10-20(11-12)17(21)7-13-9-19-16-8-14(18)4-5-15(13)16/h4-5,8-9,12,19H,2-3,6-7,10-11H2,1H3. The number of hydrogen-bond acceptors (Lipinski definition) is 2. The summed E-state index contributed by atoms with van der Waals surface area (Å²) in [5.74, 6) is 0.484. The summed E-state index contributed by atoms with van der Waals surface area (Å²) in [6.07, 6.45) is 4.34. The van der Waals surface area contributed by atoms with Crippen molar-refractivity contribution in [3.8, 4) is 0 Å². The molecule has 2 heterocycles. The molecule has 5 heteroatoms. The van der Waals surface area contributed by atoms with Gasteiger partial charge >= 0.3 is 0 Å². The number of likely N-dealkylation sites (tertiary alicyclic amines) is 1. The molecule has 1 saturated heterocycles. The van der Waals surface area contributed by atoms with Crippen molar-refractivity contribution in [2.24, 2.45) is 5.92 Å². The smallest absolute Gasteiger partial charge is 0.227 e. The summed E-state index contributed by atoms with van der Waals surface area (Å²) >= 11 is 0. The summed E-state index contributed by atoms with van der Waals surface area (Å²) in [4.78, 5) is 17.2. The molecule has 118 valence electrons. The number of aromatic amines is 1. The molecule has 1 amide bonds. The Hall–Kier alpha value is -1.88. The van der Waals surface area contributed by atoms with Gasteiger partial charge in [0.2, 0.25) is 5.91 Å². The highest BCUT2D eigenvalue weighted by Crippen LogP contribution is 2.24. The minimum atomic E-state index is -0.270. The maximum absolute atomic E-state index is 13.2. The Kier molecular flexibility index (Phi) is 4.43. The Bertz CT molecular complexity index is 662. The first-order valence-corrected chi connectivity index (χ1v) is 7.69. The number of carbonyl (C=O) groups is 1. The number of ether oxygens (including phenoxy) is 1. The quantitative estimate of drug-likeness (QED) is 0.834. The summed E-state index contributed by atoms with van der Waals surface area (Å²) in [5, 5.41) is 0.923. The number of hydrogen-bond donors (Lipinski definition) is 1. The van der Waals surface area contributed by atoms with E-state index in [0.717, 1.165) is 49.0 Å². The fourth-order valence-electron chi connectivity index (χ4n) is 3.05. The van der Waals surface area contributed by atoms with Crippen molar-refractivity contribution in [2.45, 2.75) is 19.3 Å². The lowest BCUT2D eigenvalue weighted by Crippen LogP contribution is -2.50. The van der Waals surface area contributed by atoms with Gasteiger partial charge in [0, 0.05) is 43.9 Å². The number of H-pyrrole nitrogens is 1. The molecule has 1 aliphatic rings. The molecule has 0 spiro atoms. The van der Waals surface area contributed by atoms with E-state index in [1.807, 2.05) is 4.90 Å². The second kappa shape index (κ2) is 6.48. The van der Waals surface area contributed by atoms with Gasteiger partial charge in [-0.2, -0.15) is 0 Å². The summed E-state index contributed by atoms with van der Waals surface area (Å²) in [5.41, 5.74) is 1.67. The van der Waals surface area contributed by atoms with Crippen LogP contribution in [-0.2, 0) is 16.0 Å². The predicted octanol–water partition coefficient (Wildman–Crippen LogP) is 2.73. The van der Waals surface area contributed by atoms with Crippen LogP contribution in [0.3, 0.4) is 0 Å². The van der Waals surface area contributed by atoms with Gasteiger partial charge in [-0.25, -0.2) is 4.39 Å². The van der Waals surface area contributed by atoms with E-state index in [9.17, 15) is 9.18 Å². The zero-order chi connectivity index (χ0) is 15.5. The first kappa shape index (κ1) is 15.0. The molecule has 1 aromatic carbocycles. The Morgan fingerprint density at radius 1 is 1.45 bits per heavy atom. The molecule has 0 bridgehead atoms. The van der Waals surface area contributed by atoms with Crippen molar-refractivity contribution in [1.29, 1.82) is 0 Å². The van der Waals surface area contributed by atoms with Gasteiger partial charge in [0.25, 0.3) is 0 Å². The Morgan fingerprint density at radius 3 is 3.05 bits per heavy atom.